The summed E-state index contributed by atoms with van der Waals surface area (Å²) in [6.07, 6.45) is 6.39. The molecule has 0 fully saturated rings. The number of allylic oxidation sites excluding steroid dienone is 2. The van der Waals surface area contributed by atoms with Gasteiger partial charge in [0.05, 0.1) is 13.3 Å². The van der Waals surface area contributed by atoms with Crippen LogP contribution in [0.25, 0.3) is 6.08 Å². The average Bonchev–Trinajstić information content (AvgIpc) is 2.85. The van der Waals surface area contributed by atoms with Crippen LogP contribution in [-0.2, 0) is 4.79 Å². The molecule has 0 spiro atoms. The lowest BCUT2D eigenvalue weighted by Crippen LogP contribution is -2.32. The monoisotopic (exact) mass is 441 g/mol. The normalized spacial score (nSPS) is 11.5. The van der Waals surface area contributed by atoms with Gasteiger partial charge < -0.3 is 15.2 Å². The van der Waals surface area contributed by atoms with Crippen molar-refractivity contribution < 1.29 is 19.4 Å². The molecular formula is C26H23N3O4. The van der Waals surface area contributed by atoms with Crippen LogP contribution in [0.1, 0.15) is 21.5 Å². The fourth-order valence-corrected chi connectivity index (χ4v) is 2.78. The number of methoxy groups -OCH3 is 1. The van der Waals surface area contributed by atoms with E-state index in [2.05, 4.69) is 15.8 Å². The third-order valence-electron chi connectivity index (χ3n) is 4.46. The van der Waals surface area contributed by atoms with E-state index in [9.17, 15) is 14.7 Å². The molecule has 0 unspecified atom stereocenters. The van der Waals surface area contributed by atoms with Crippen molar-refractivity contribution in [2.45, 2.75) is 0 Å². The Labute approximate surface area is 191 Å². The van der Waals surface area contributed by atoms with Gasteiger partial charge in [-0.25, -0.2) is 5.43 Å². The Balaban J connectivity index is 1.75. The fourth-order valence-electron chi connectivity index (χ4n) is 2.78. The van der Waals surface area contributed by atoms with E-state index in [0.29, 0.717) is 11.1 Å². The number of nitrogens with zero attached hydrogens (tertiary/aromatic N) is 1. The van der Waals surface area contributed by atoms with Crippen molar-refractivity contribution in [3.8, 4) is 11.5 Å². The van der Waals surface area contributed by atoms with Crippen LogP contribution in [0.15, 0.2) is 102 Å². The molecule has 0 saturated carbocycles. The van der Waals surface area contributed by atoms with Crippen molar-refractivity contribution in [2.24, 2.45) is 5.10 Å². The number of rotatable bonds is 8. The zero-order valence-corrected chi connectivity index (χ0v) is 17.9. The van der Waals surface area contributed by atoms with Gasteiger partial charge in [-0.15, -0.1) is 0 Å². The van der Waals surface area contributed by atoms with Crippen LogP contribution < -0.4 is 15.5 Å². The lowest BCUT2D eigenvalue weighted by atomic mass is 10.2. The van der Waals surface area contributed by atoms with Gasteiger partial charge in [-0.05, 0) is 47.5 Å². The van der Waals surface area contributed by atoms with Crippen molar-refractivity contribution in [1.82, 2.24) is 10.7 Å². The van der Waals surface area contributed by atoms with Crippen LogP contribution in [-0.4, -0.2) is 30.2 Å². The molecule has 2 amide bonds. The van der Waals surface area contributed by atoms with Crippen molar-refractivity contribution in [1.29, 1.82) is 0 Å². The predicted molar refractivity (Wildman–Crippen MR) is 128 cm³/mol. The molecule has 7 nitrogen and oxygen atoms in total. The predicted octanol–water partition coefficient (Wildman–Crippen LogP) is 3.88. The molecular weight excluding hydrogens is 418 g/mol. The first-order valence-corrected chi connectivity index (χ1v) is 10.1. The molecule has 0 aliphatic heterocycles. The number of hydrogen-bond acceptors (Lipinski definition) is 5. The zero-order chi connectivity index (χ0) is 23.5. The SMILES string of the molecule is COc1cc(/C=N\NC(=O)/C(=C/C=C/c2ccccc2)NC(=O)c2ccccc2)ccc1O. The second kappa shape index (κ2) is 11.7. The van der Waals surface area contributed by atoms with Gasteiger partial charge in [-0.2, -0.15) is 5.10 Å². The Morgan fingerprint density at radius 1 is 0.939 bits per heavy atom. The standard InChI is InChI=1S/C26H23N3O4/c1-33-24-17-20(15-16-23(24)30)18-27-29-26(32)22(14-8-11-19-9-4-2-5-10-19)28-25(31)21-12-6-3-7-13-21/h2-18,30H,1H3,(H,28,31)(H,29,32)/b11-8+,22-14-,27-18-. The summed E-state index contributed by atoms with van der Waals surface area (Å²) in [7, 11) is 1.44. The van der Waals surface area contributed by atoms with Gasteiger partial charge in [0.15, 0.2) is 11.5 Å². The first-order chi connectivity index (χ1) is 16.1. The maximum absolute atomic E-state index is 12.7. The van der Waals surface area contributed by atoms with Crippen molar-refractivity contribution in [3.05, 3.63) is 113 Å². The number of hydrazone groups is 1. The number of benzene rings is 3. The molecule has 0 bridgehead atoms. The minimum Gasteiger partial charge on any atom is -0.504 e. The van der Waals surface area contributed by atoms with Gasteiger partial charge in [0, 0.05) is 5.56 Å². The average molecular weight is 441 g/mol. The summed E-state index contributed by atoms with van der Waals surface area (Å²) >= 11 is 0. The molecule has 3 aromatic carbocycles. The number of hydrogen-bond donors (Lipinski definition) is 3. The Kier molecular flexibility index (Phi) is 8.14. The van der Waals surface area contributed by atoms with Gasteiger partial charge in [-0.3, -0.25) is 9.59 Å². The summed E-state index contributed by atoms with van der Waals surface area (Å²) in [5.41, 5.74) is 4.39. The van der Waals surface area contributed by atoms with Gasteiger partial charge in [0.2, 0.25) is 0 Å². The van der Waals surface area contributed by atoms with Crippen LogP contribution in [0.5, 0.6) is 11.5 Å². The Hall–Kier alpha value is -4.65. The van der Waals surface area contributed by atoms with E-state index in [-0.39, 0.29) is 17.2 Å². The molecule has 3 rings (SSSR count). The van der Waals surface area contributed by atoms with E-state index >= 15 is 0 Å². The Morgan fingerprint density at radius 2 is 1.64 bits per heavy atom. The van der Waals surface area contributed by atoms with E-state index in [1.807, 2.05) is 36.4 Å². The topological polar surface area (TPSA) is 100 Å². The quantitative estimate of drug-likeness (QED) is 0.214. The van der Waals surface area contributed by atoms with Crippen LogP contribution in [0.3, 0.4) is 0 Å². The van der Waals surface area contributed by atoms with Gasteiger partial charge in [-0.1, -0.05) is 60.7 Å². The lowest BCUT2D eigenvalue weighted by Gasteiger charge is -2.08. The van der Waals surface area contributed by atoms with Crippen LogP contribution in [0, 0.1) is 0 Å². The first-order valence-electron chi connectivity index (χ1n) is 10.1. The smallest absolute Gasteiger partial charge is 0.287 e. The number of carbonyl (C=O) groups excluding carboxylic acids is 2. The number of nitrogens with one attached hydrogen (secondary N) is 2. The summed E-state index contributed by atoms with van der Waals surface area (Å²) < 4.78 is 5.05. The fraction of sp³-hybridized carbons (Fsp3) is 0.0385. The van der Waals surface area contributed by atoms with Gasteiger partial charge >= 0.3 is 0 Å². The summed E-state index contributed by atoms with van der Waals surface area (Å²) in [6, 6.07) is 22.8. The molecule has 0 aliphatic rings. The molecule has 33 heavy (non-hydrogen) atoms. The van der Waals surface area contributed by atoms with Crippen molar-refractivity contribution >= 4 is 24.1 Å². The van der Waals surface area contributed by atoms with E-state index < -0.39 is 11.8 Å². The van der Waals surface area contributed by atoms with E-state index in [1.165, 1.54) is 25.5 Å². The molecule has 0 radical (unpaired) electrons. The number of amides is 2. The molecule has 166 valence electrons. The molecule has 3 aromatic rings. The molecule has 0 saturated heterocycles. The number of phenols is 1. The van der Waals surface area contributed by atoms with E-state index in [0.717, 1.165) is 5.56 Å². The van der Waals surface area contributed by atoms with Crippen LogP contribution in [0.2, 0.25) is 0 Å². The van der Waals surface area contributed by atoms with Crippen LogP contribution in [0.4, 0.5) is 0 Å². The summed E-state index contributed by atoms with van der Waals surface area (Å²) in [5, 5.41) is 16.2. The van der Waals surface area contributed by atoms with Crippen molar-refractivity contribution in [3.63, 3.8) is 0 Å². The maximum Gasteiger partial charge on any atom is 0.287 e. The highest BCUT2D eigenvalue weighted by Crippen LogP contribution is 2.25. The van der Waals surface area contributed by atoms with Crippen molar-refractivity contribution in [2.75, 3.05) is 7.11 Å². The molecule has 0 heterocycles. The number of ether oxygens (including phenoxy) is 1. The Bertz CT molecular complexity index is 1190. The molecule has 0 aromatic heterocycles. The van der Waals surface area contributed by atoms with Gasteiger partial charge in [0.1, 0.15) is 5.70 Å². The molecule has 0 atom stereocenters. The largest absolute Gasteiger partial charge is 0.504 e. The summed E-state index contributed by atoms with van der Waals surface area (Å²) in [4.78, 5) is 25.3. The Morgan fingerprint density at radius 3 is 2.33 bits per heavy atom. The first kappa shape index (κ1) is 23.0. The number of phenolic OH excluding ortho intramolecular Hbond substituents is 1. The third kappa shape index (κ3) is 6.93. The lowest BCUT2D eigenvalue weighted by molar-refractivity contribution is -0.117. The van der Waals surface area contributed by atoms with Crippen LogP contribution >= 0.6 is 0 Å². The second-order valence-electron chi connectivity index (χ2n) is 6.80. The van der Waals surface area contributed by atoms with Gasteiger partial charge in [0.25, 0.3) is 11.8 Å². The summed E-state index contributed by atoms with van der Waals surface area (Å²) in [6.45, 7) is 0. The number of carbonyl (C=O) groups is 2. The second-order valence-corrected chi connectivity index (χ2v) is 6.80. The third-order valence-corrected chi connectivity index (χ3v) is 4.46. The van der Waals surface area contributed by atoms with E-state index in [4.69, 9.17) is 4.74 Å². The molecule has 7 heteroatoms. The maximum atomic E-state index is 12.7. The summed E-state index contributed by atoms with van der Waals surface area (Å²) in [5.74, 6) is -0.735. The minimum absolute atomic E-state index is 0.00210. The highest BCUT2D eigenvalue weighted by atomic mass is 16.5. The zero-order valence-electron chi connectivity index (χ0n) is 17.9. The minimum atomic E-state index is -0.598. The molecule has 0 aliphatic carbocycles. The van der Waals surface area contributed by atoms with E-state index in [1.54, 1.807) is 48.5 Å². The number of aromatic hydroxyl groups is 1. The highest BCUT2D eigenvalue weighted by molar-refractivity contribution is 6.03. The molecule has 3 N–H and O–H groups in total. The highest BCUT2D eigenvalue weighted by Gasteiger charge is 2.13.